The summed E-state index contributed by atoms with van der Waals surface area (Å²) in [5, 5.41) is 12.8. The number of methoxy groups -OCH3 is 4. The molecule has 0 aliphatic carbocycles. The maximum atomic E-state index is 10.8. The number of hydrogen-bond acceptors (Lipinski definition) is 10. The van der Waals surface area contributed by atoms with E-state index in [1.165, 1.54) is 17.8 Å². The Morgan fingerprint density at radius 1 is 0.895 bits per heavy atom. The molecule has 0 unspecified atom stereocenters. The Hall–Kier alpha value is -3.87. The van der Waals surface area contributed by atoms with Crippen molar-refractivity contribution in [1.82, 2.24) is 9.97 Å². The first-order valence-electron chi connectivity index (χ1n) is 11.0. The van der Waals surface area contributed by atoms with Crippen LogP contribution < -0.4 is 18.9 Å². The zero-order valence-electron chi connectivity index (χ0n) is 20.8. The number of ether oxygens (including phenoxy) is 4. The van der Waals surface area contributed by atoms with Gasteiger partial charge in [0.2, 0.25) is 0 Å². The van der Waals surface area contributed by atoms with Gasteiger partial charge in [-0.25, -0.2) is 0 Å². The van der Waals surface area contributed by atoms with Crippen molar-refractivity contribution in [2.75, 3.05) is 28.4 Å². The van der Waals surface area contributed by atoms with Gasteiger partial charge < -0.3 is 23.9 Å². The van der Waals surface area contributed by atoms with Crippen molar-refractivity contribution in [2.45, 2.75) is 9.10 Å². The average molecular weight is 570 g/mol. The smallest absolute Gasteiger partial charge is 0.325 e. The van der Waals surface area contributed by atoms with Gasteiger partial charge in [-0.15, -0.1) is 0 Å². The third-order valence-corrected chi connectivity index (χ3v) is 8.03. The molecule has 0 saturated heterocycles. The van der Waals surface area contributed by atoms with Crippen LogP contribution >= 0.6 is 35.3 Å². The molecule has 1 N–H and O–H groups in total. The largest absolute Gasteiger partial charge is 0.493 e. The van der Waals surface area contributed by atoms with Crippen LogP contribution in [0.3, 0.4) is 0 Å². The summed E-state index contributed by atoms with van der Waals surface area (Å²) < 4.78 is 22.7. The number of rotatable bonds is 7. The van der Waals surface area contributed by atoms with Gasteiger partial charge in [-0.2, -0.15) is 0 Å². The van der Waals surface area contributed by atoms with Gasteiger partial charge in [0.15, 0.2) is 23.0 Å². The van der Waals surface area contributed by atoms with E-state index in [0.29, 0.717) is 23.0 Å². The Bertz CT molecular complexity index is 1670. The number of fused-ring (bicyclic) bond motifs is 2. The summed E-state index contributed by atoms with van der Waals surface area (Å²) in [6.45, 7) is 0. The van der Waals surface area contributed by atoms with Crippen LogP contribution in [0.15, 0.2) is 70.0 Å². The summed E-state index contributed by atoms with van der Waals surface area (Å²) in [4.78, 5) is 18.8. The average Bonchev–Trinajstić information content (AvgIpc) is 3.41. The van der Waals surface area contributed by atoms with Crippen molar-refractivity contribution >= 4 is 62.1 Å². The number of H-pyrrole nitrogens is 1. The molecule has 38 heavy (non-hydrogen) atoms. The van der Waals surface area contributed by atoms with Crippen molar-refractivity contribution in [3.05, 3.63) is 75.5 Å². The molecule has 5 aromatic rings. The maximum Gasteiger partial charge on any atom is 0.325 e. The summed E-state index contributed by atoms with van der Waals surface area (Å²) in [6, 6.07) is 14.4. The molecule has 3 aromatic heterocycles. The van der Waals surface area contributed by atoms with E-state index < -0.39 is 0 Å². The number of pyridine rings is 2. The normalized spacial score (nSPS) is 10.5. The van der Waals surface area contributed by atoms with Crippen molar-refractivity contribution in [2.24, 2.45) is 0 Å². The SMILES string of the molecule is COc1cc2[nH]ccc(=S)c2cc1OC.COc1cc2nccc(Sc3ccc([N+](=O)[O-])s3)c2cc1OC. The first-order chi connectivity index (χ1) is 18.4. The molecule has 0 fully saturated rings. The molecule has 0 radical (unpaired) electrons. The molecule has 2 aromatic carbocycles. The third kappa shape index (κ3) is 5.82. The minimum atomic E-state index is -0.382. The fraction of sp³-hybridized carbons (Fsp3) is 0.154. The first kappa shape index (κ1) is 27.2. The van der Waals surface area contributed by atoms with Gasteiger partial charge in [0.25, 0.3) is 0 Å². The second-order valence-corrected chi connectivity index (χ2v) is 10.4. The van der Waals surface area contributed by atoms with Gasteiger partial charge in [0.1, 0.15) is 0 Å². The van der Waals surface area contributed by atoms with Gasteiger partial charge in [-0.05, 0) is 30.3 Å². The molecule has 0 amide bonds. The predicted octanol–water partition coefficient (Wildman–Crippen LogP) is 7.29. The Morgan fingerprint density at radius 3 is 2.16 bits per heavy atom. The van der Waals surface area contributed by atoms with E-state index in [2.05, 4.69) is 9.97 Å². The number of nitrogens with zero attached hydrogens (tertiary/aromatic N) is 2. The van der Waals surface area contributed by atoms with Crippen LogP contribution in [0.2, 0.25) is 0 Å². The number of nitro groups is 1. The number of thiophene rings is 1. The highest BCUT2D eigenvalue weighted by molar-refractivity contribution is 8.01. The fourth-order valence-electron chi connectivity index (χ4n) is 3.61. The molecule has 0 bridgehead atoms. The molecular weight excluding hydrogens is 547 g/mol. The van der Waals surface area contributed by atoms with Crippen LogP contribution in [0.4, 0.5) is 5.00 Å². The third-order valence-electron chi connectivity index (χ3n) is 5.43. The lowest BCUT2D eigenvalue weighted by molar-refractivity contribution is -0.380. The molecule has 0 spiro atoms. The maximum absolute atomic E-state index is 10.8. The number of benzene rings is 2. The Balaban J connectivity index is 0.000000194. The quantitative estimate of drug-likeness (QED) is 0.123. The van der Waals surface area contributed by atoms with E-state index >= 15 is 0 Å². The first-order valence-corrected chi connectivity index (χ1v) is 13.1. The molecule has 196 valence electrons. The van der Waals surface area contributed by atoms with E-state index in [1.807, 2.05) is 42.6 Å². The second-order valence-electron chi connectivity index (χ2n) is 7.58. The minimum absolute atomic E-state index is 0.130. The van der Waals surface area contributed by atoms with Crippen LogP contribution in [0.5, 0.6) is 23.0 Å². The van der Waals surface area contributed by atoms with E-state index in [1.54, 1.807) is 40.7 Å². The second kappa shape index (κ2) is 12.1. The molecule has 3 heterocycles. The van der Waals surface area contributed by atoms with E-state index in [9.17, 15) is 10.1 Å². The lowest BCUT2D eigenvalue weighted by Crippen LogP contribution is -1.92. The van der Waals surface area contributed by atoms with Gasteiger partial charge in [0, 0.05) is 50.8 Å². The van der Waals surface area contributed by atoms with Gasteiger partial charge in [0.05, 0.1) is 48.6 Å². The van der Waals surface area contributed by atoms with Crippen molar-refractivity contribution < 1.29 is 23.9 Å². The number of aromatic amines is 1. The molecule has 0 atom stereocenters. The van der Waals surface area contributed by atoms with Crippen LogP contribution in [-0.2, 0) is 0 Å². The molecule has 0 aliphatic heterocycles. The Morgan fingerprint density at radius 2 is 1.53 bits per heavy atom. The molecule has 12 heteroatoms. The summed E-state index contributed by atoms with van der Waals surface area (Å²) in [7, 11) is 6.38. The lowest BCUT2D eigenvalue weighted by atomic mass is 10.2. The summed E-state index contributed by atoms with van der Waals surface area (Å²) in [5.74, 6) is 2.62. The lowest BCUT2D eigenvalue weighted by Gasteiger charge is -2.10. The van der Waals surface area contributed by atoms with Gasteiger partial charge in [-0.1, -0.05) is 35.3 Å². The Labute approximate surface area is 231 Å². The molecule has 9 nitrogen and oxygen atoms in total. The fourth-order valence-corrected chi connectivity index (χ4v) is 5.84. The zero-order chi connectivity index (χ0) is 27.2. The van der Waals surface area contributed by atoms with Crippen LogP contribution in [0.1, 0.15) is 0 Å². The van der Waals surface area contributed by atoms with E-state index in [0.717, 1.165) is 46.8 Å². The van der Waals surface area contributed by atoms with Crippen LogP contribution in [0.25, 0.3) is 21.8 Å². The van der Waals surface area contributed by atoms with E-state index in [4.69, 9.17) is 31.2 Å². The number of aromatic nitrogens is 2. The monoisotopic (exact) mass is 569 g/mol. The summed E-state index contributed by atoms with van der Waals surface area (Å²) in [5.41, 5.74) is 1.72. The topological polar surface area (TPSA) is 109 Å². The van der Waals surface area contributed by atoms with Crippen molar-refractivity contribution in [1.29, 1.82) is 0 Å². The summed E-state index contributed by atoms with van der Waals surface area (Å²) >= 11 is 7.84. The Kier molecular flexibility index (Phi) is 8.66. The highest BCUT2D eigenvalue weighted by Crippen LogP contribution is 2.41. The van der Waals surface area contributed by atoms with E-state index in [-0.39, 0.29) is 9.92 Å². The van der Waals surface area contributed by atoms with Crippen molar-refractivity contribution in [3.8, 4) is 23.0 Å². The van der Waals surface area contributed by atoms with Crippen LogP contribution in [0, 0.1) is 14.6 Å². The summed E-state index contributed by atoms with van der Waals surface area (Å²) in [6.07, 6.45) is 3.52. The molecule has 5 rings (SSSR count). The van der Waals surface area contributed by atoms with Crippen LogP contribution in [-0.4, -0.2) is 43.3 Å². The van der Waals surface area contributed by atoms with Gasteiger partial charge in [-0.3, -0.25) is 15.1 Å². The number of hydrogen-bond donors (Lipinski definition) is 1. The molecule has 0 saturated carbocycles. The highest BCUT2D eigenvalue weighted by Gasteiger charge is 2.14. The van der Waals surface area contributed by atoms with Gasteiger partial charge >= 0.3 is 5.00 Å². The minimum Gasteiger partial charge on any atom is -0.493 e. The van der Waals surface area contributed by atoms with Crippen molar-refractivity contribution in [3.63, 3.8) is 0 Å². The molecular formula is C26H23N3O6S3. The number of nitrogens with one attached hydrogen (secondary N) is 1. The standard InChI is InChI=1S/C15H12N2O4S2.C11H11NO2S/c1-20-11-7-9-10(8-12(11)21-2)16-6-5-13(9)22-15-4-3-14(23-15)17(18)19;1-13-9-5-7-8(6-10(9)14-2)12-4-3-11(7)15/h3-8H,1-2H3;3-6H,1-2H3,(H,12,15). The highest BCUT2D eigenvalue weighted by atomic mass is 32.2. The zero-order valence-corrected chi connectivity index (χ0v) is 23.3. The predicted molar refractivity (Wildman–Crippen MR) is 152 cm³/mol. The molecule has 0 aliphatic rings.